The van der Waals surface area contributed by atoms with E-state index in [2.05, 4.69) is 5.32 Å². The number of nitrogens with one attached hydrogen (secondary N) is 1. The lowest BCUT2D eigenvalue weighted by molar-refractivity contribution is -0.271. The normalized spacial score (nSPS) is 27.2. The second kappa shape index (κ2) is 12.7. The van der Waals surface area contributed by atoms with Crippen LogP contribution in [-0.4, -0.2) is 95.3 Å². The van der Waals surface area contributed by atoms with Crippen LogP contribution in [0.1, 0.15) is 30.1 Å². The average molecular weight is 626 g/mol. The van der Waals surface area contributed by atoms with E-state index in [-0.39, 0.29) is 25.0 Å². The number of benzene rings is 3. The van der Waals surface area contributed by atoms with Crippen LogP contribution in [-0.2, 0) is 9.53 Å². The zero-order valence-corrected chi connectivity index (χ0v) is 24.5. The summed E-state index contributed by atoms with van der Waals surface area (Å²) in [6.07, 6.45) is -9.77. The minimum atomic E-state index is -1.84. The molecule has 8 atom stereocenters. The number of carboxylic acids is 1. The number of methoxy groups -OCH3 is 1. The maximum absolute atomic E-state index is 11.6. The maximum atomic E-state index is 11.6. The summed E-state index contributed by atoms with van der Waals surface area (Å²) in [5.74, 6) is 0.358. The third-order valence-electron chi connectivity index (χ3n) is 8.06. The standard InChI is InChI=1S/C32H35NO12/c1-15(34)12-33-14-42-21-9-8-18-20-13-41-22-11-17(43-32-26(37)24(35)25(36)30(45-32)31(38)39)10-19(16-6-4-3-5-7-16)23(22)27(20)44-28(18)29(21)40-2/h3-11,15,20,24-27,30,32-37H,12-14H2,1-2H3,(H,38,39)/t15-,20-,24-,25-,26+,27+,30-,32+/m0/s1. The highest BCUT2D eigenvalue weighted by molar-refractivity contribution is 5.75. The van der Waals surface area contributed by atoms with E-state index in [4.69, 9.17) is 28.4 Å². The van der Waals surface area contributed by atoms with Gasteiger partial charge in [0.15, 0.2) is 17.6 Å². The van der Waals surface area contributed by atoms with Gasteiger partial charge in [0.1, 0.15) is 42.6 Å². The van der Waals surface area contributed by atoms with Gasteiger partial charge >= 0.3 is 5.97 Å². The van der Waals surface area contributed by atoms with Crippen molar-refractivity contribution in [3.05, 3.63) is 65.7 Å². The van der Waals surface area contributed by atoms with Crippen molar-refractivity contribution in [2.75, 3.05) is 27.0 Å². The van der Waals surface area contributed by atoms with Crippen molar-refractivity contribution in [3.63, 3.8) is 0 Å². The lowest BCUT2D eigenvalue weighted by Crippen LogP contribution is -2.61. The molecular weight excluding hydrogens is 590 g/mol. The number of hydrogen-bond acceptors (Lipinski definition) is 12. The van der Waals surface area contributed by atoms with Gasteiger partial charge in [-0.2, -0.15) is 0 Å². The van der Waals surface area contributed by atoms with Crippen LogP contribution in [0.5, 0.6) is 28.7 Å². The lowest BCUT2D eigenvalue weighted by atomic mass is 9.85. The molecule has 3 aromatic rings. The van der Waals surface area contributed by atoms with E-state index in [1.165, 1.54) is 7.11 Å². The van der Waals surface area contributed by atoms with Gasteiger partial charge in [-0.25, -0.2) is 4.79 Å². The third-order valence-corrected chi connectivity index (χ3v) is 8.06. The highest BCUT2D eigenvalue weighted by Crippen LogP contribution is 2.58. The Hall–Kier alpha value is -4.11. The molecule has 1 fully saturated rings. The SMILES string of the molecule is COc1c(OCNC[C@H](C)O)ccc2c1O[C@H]1c3c(cc(O[C@@H]4O[C@H](C(=O)O)[C@@H](O)[C@H](O)[C@H]4O)cc3-c3ccccc3)OC[C@@H]21. The van der Waals surface area contributed by atoms with Gasteiger partial charge in [0.05, 0.1) is 25.7 Å². The molecule has 3 aliphatic rings. The highest BCUT2D eigenvalue weighted by Gasteiger charge is 2.49. The molecule has 240 valence electrons. The monoisotopic (exact) mass is 625 g/mol. The van der Waals surface area contributed by atoms with Crippen LogP contribution in [0.3, 0.4) is 0 Å². The van der Waals surface area contributed by atoms with E-state index in [9.17, 15) is 30.3 Å². The third kappa shape index (κ3) is 5.86. The minimum absolute atomic E-state index is 0.155. The molecule has 0 aliphatic carbocycles. The van der Waals surface area contributed by atoms with Crippen molar-refractivity contribution in [1.82, 2.24) is 5.32 Å². The van der Waals surface area contributed by atoms with Crippen molar-refractivity contribution < 1.29 is 58.7 Å². The maximum Gasteiger partial charge on any atom is 0.335 e. The summed E-state index contributed by atoms with van der Waals surface area (Å²) in [5, 5.41) is 52.8. The van der Waals surface area contributed by atoms with E-state index in [0.29, 0.717) is 35.1 Å². The van der Waals surface area contributed by atoms with Crippen LogP contribution in [0.25, 0.3) is 11.1 Å². The van der Waals surface area contributed by atoms with Crippen molar-refractivity contribution in [1.29, 1.82) is 0 Å². The Morgan fingerprint density at radius 3 is 2.56 bits per heavy atom. The Kier molecular flexibility index (Phi) is 8.73. The van der Waals surface area contributed by atoms with Crippen LogP contribution in [0.4, 0.5) is 0 Å². The van der Waals surface area contributed by atoms with Gasteiger partial charge in [0.2, 0.25) is 12.0 Å². The number of fused-ring (bicyclic) bond motifs is 5. The summed E-state index contributed by atoms with van der Waals surface area (Å²) in [5.41, 5.74) is 3.14. The Labute approximate surface area is 258 Å². The van der Waals surface area contributed by atoms with E-state index < -0.39 is 48.9 Å². The van der Waals surface area contributed by atoms with E-state index in [1.807, 2.05) is 42.5 Å². The van der Waals surface area contributed by atoms with E-state index in [1.54, 1.807) is 19.1 Å². The molecule has 0 aromatic heterocycles. The molecule has 3 aromatic carbocycles. The fourth-order valence-corrected chi connectivity index (χ4v) is 5.89. The largest absolute Gasteiger partial charge is 0.492 e. The van der Waals surface area contributed by atoms with Gasteiger partial charge in [-0.05, 0) is 30.2 Å². The number of carbonyl (C=O) groups is 1. The summed E-state index contributed by atoms with van der Waals surface area (Å²) in [4.78, 5) is 11.6. The van der Waals surface area contributed by atoms with Crippen LogP contribution < -0.4 is 29.0 Å². The van der Waals surface area contributed by atoms with Gasteiger partial charge in [0.25, 0.3) is 0 Å². The van der Waals surface area contributed by atoms with Crippen molar-refractivity contribution in [2.24, 2.45) is 0 Å². The van der Waals surface area contributed by atoms with Crippen LogP contribution in [0.2, 0.25) is 0 Å². The number of hydrogen-bond donors (Lipinski definition) is 6. The molecule has 3 aliphatic heterocycles. The molecule has 3 heterocycles. The molecule has 0 saturated carbocycles. The van der Waals surface area contributed by atoms with E-state index in [0.717, 1.165) is 16.7 Å². The lowest BCUT2D eigenvalue weighted by Gasteiger charge is -2.38. The zero-order valence-electron chi connectivity index (χ0n) is 24.5. The first kappa shape index (κ1) is 30.9. The molecule has 1 saturated heterocycles. The summed E-state index contributed by atoms with van der Waals surface area (Å²) >= 11 is 0. The number of carboxylic acid groups (broad SMARTS) is 1. The summed E-state index contributed by atoms with van der Waals surface area (Å²) in [6.45, 7) is 2.46. The van der Waals surface area contributed by atoms with Crippen molar-refractivity contribution in [2.45, 2.75) is 55.8 Å². The predicted octanol–water partition coefficient (Wildman–Crippen LogP) is 1.55. The number of aliphatic hydroxyl groups excluding tert-OH is 4. The smallest absolute Gasteiger partial charge is 0.335 e. The molecule has 0 amide bonds. The van der Waals surface area contributed by atoms with Gasteiger partial charge in [-0.3, -0.25) is 5.32 Å². The number of aliphatic hydroxyl groups is 4. The zero-order chi connectivity index (χ0) is 31.8. The Morgan fingerprint density at radius 2 is 1.84 bits per heavy atom. The fourth-order valence-electron chi connectivity index (χ4n) is 5.89. The molecule has 45 heavy (non-hydrogen) atoms. The molecule has 13 heteroatoms. The first-order valence-electron chi connectivity index (χ1n) is 14.5. The highest BCUT2D eigenvalue weighted by atomic mass is 16.7. The van der Waals surface area contributed by atoms with Crippen LogP contribution >= 0.6 is 0 Å². The first-order valence-corrected chi connectivity index (χ1v) is 14.5. The molecule has 6 rings (SSSR count). The molecule has 0 bridgehead atoms. The molecule has 0 unspecified atom stereocenters. The Bertz CT molecular complexity index is 1530. The topological polar surface area (TPSA) is 186 Å². The van der Waals surface area contributed by atoms with Crippen molar-refractivity contribution >= 4 is 5.97 Å². The summed E-state index contributed by atoms with van der Waals surface area (Å²) in [7, 11) is 1.53. The summed E-state index contributed by atoms with van der Waals surface area (Å²) in [6, 6.07) is 16.5. The summed E-state index contributed by atoms with van der Waals surface area (Å²) < 4.78 is 35.7. The van der Waals surface area contributed by atoms with E-state index >= 15 is 0 Å². The predicted molar refractivity (Wildman–Crippen MR) is 157 cm³/mol. The molecular formula is C32H35NO12. The first-order chi connectivity index (χ1) is 21.7. The average Bonchev–Trinajstić information content (AvgIpc) is 3.41. The van der Waals surface area contributed by atoms with Gasteiger partial charge < -0.3 is 54.0 Å². The fraction of sp³-hybridized carbons (Fsp3) is 0.406. The minimum Gasteiger partial charge on any atom is -0.492 e. The van der Waals surface area contributed by atoms with Gasteiger partial charge in [-0.1, -0.05) is 36.4 Å². The number of ether oxygens (including phenoxy) is 6. The molecule has 13 nitrogen and oxygen atoms in total. The second-order valence-electron chi connectivity index (χ2n) is 11.2. The van der Waals surface area contributed by atoms with Crippen LogP contribution in [0, 0.1) is 0 Å². The second-order valence-corrected chi connectivity index (χ2v) is 11.2. The number of aliphatic carboxylic acids is 1. The quantitative estimate of drug-likeness (QED) is 0.141. The molecule has 6 N–H and O–H groups in total. The van der Waals surface area contributed by atoms with Gasteiger partial charge in [-0.15, -0.1) is 0 Å². The van der Waals surface area contributed by atoms with Crippen LogP contribution in [0.15, 0.2) is 54.6 Å². The molecule has 0 radical (unpaired) electrons. The van der Waals surface area contributed by atoms with Gasteiger partial charge in [0, 0.05) is 23.7 Å². The Morgan fingerprint density at radius 1 is 1.07 bits per heavy atom. The Balaban J connectivity index is 1.34. The number of rotatable bonds is 10. The molecule has 0 spiro atoms. The van der Waals surface area contributed by atoms with Crippen molar-refractivity contribution in [3.8, 4) is 39.9 Å².